The van der Waals surface area contributed by atoms with E-state index in [2.05, 4.69) is 34.4 Å². The van der Waals surface area contributed by atoms with Gasteiger partial charge in [0.25, 0.3) is 0 Å². The zero-order valence-corrected chi connectivity index (χ0v) is 12.3. The van der Waals surface area contributed by atoms with Crippen molar-refractivity contribution in [2.24, 2.45) is 5.41 Å². The van der Waals surface area contributed by atoms with Crippen LogP contribution in [0.5, 0.6) is 0 Å². The third-order valence-electron chi connectivity index (χ3n) is 4.51. The molecule has 1 aromatic heterocycles. The van der Waals surface area contributed by atoms with Gasteiger partial charge in [0.1, 0.15) is 5.82 Å². The van der Waals surface area contributed by atoms with Gasteiger partial charge in [-0.15, -0.1) is 0 Å². The van der Waals surface area contributed by atoms with Crippen LogP contribution in [0, 0.1) is 23.7 Å². The molecule has 4 nitrogen and oxygen atoms in total. The molecule has 0 aliphatic carbocycles. The molecule has 1 aromatic rings. The Morgan fingerprint density at radius 1 is 1.47 bits per heavy atom. The van der Waals surface area contributed by atoms with Crippen molar-refractivity contribution in [3.05, 3.63) is 18.2 Å². The van der Waals surface area contributed by atoms with Crippen molar-refractivity contribution < 1.29 is 0 Å². The summed E-state index contributed by atoms with van der Waals surface area (Å²) in [7, 11) is 0. The van der Waals surface area contributed by atoms with Crippen LogP contribution in [0.1, 0.15) is 38.9 Å². The van der Waals surface area contributed by atoms with Crippen LogP contribution in [0.2, 0.25) is 0 Å². The first kappa shape index (κ1) is 14.1. The van der Waals surface area contributed by atoms with Crippen molar-refractivity contribution >= 4 is 0 Å². The molecule has 0 unspecified atom stereocenters. The lowest BCUT2D eigenvalue weighted by Crippen LogP contribution is -2.43. The zero-order valence-electron chi connectivity index (χ0n) is 12.3. The van der Waals surface area contributed by atoms with Gasteiger partial charge in [-0.1, -0.05) is 0 Å². The highest BCUT2D eigenvalue weighted by Crippen LogP contribution is 2.30. The number of nitriles is 1. The van der Waals surface area contributed by atoms with E-state index in [1.807, 2.05) is 19.3 Å². The Labute approximate surface area is 116 Å². The van der Waals surface area contributed by atoms with Crippen molar-refractivity contribution in [2.75, 3.05) is 13.1 Å². The molecule has 2 rings (SSSR count). The van der Waals surface area contributed by atoms with Crippen LogP contribution < -0.4 is 0 Å². The Morgan fingerprint density at radius 3 is 2.68 bits per heavy atom. The summed E-state index contributed by atoms with van der Waals surface area (Å²) in [6.45, 7) is 9.55. The van der Waals surface area contributed by atoms with E-state index in [9.17, 15) is 0 Å². The number of piperidine rings is 1. The zero-order chi connectivity index (χ0) is 13.9. The summed E-state index contributed by atoms with van der Waals surface area (Å²) in [5.74, 6) is 1.09. The highest BCUT2D eigenvalue weighted by Gasteiger charge is 2.31. The van der Waals surface area contributed by atoms with E-state index < -0.39 is 0 Å². The Morgan fingerprint density at radius 2 is 2.16 bits per heavy atom. The van der Waals surface area contributed by atoms with Gasteiger partial charge in [0.15, 0.2) is 0 Å². The van der Waals surface area contributed by atoms with Gasteiger partial charge in [-0.25, -0.2) is 4.98 Å². The lowest BCUT2D eigenvalue weighted by Gasteiger charge is -2.38. The first-order valence-electron chi connectivity index (χ1n) is 7.17. The molecule has 1 saturated heterocycles. The maximum atomic E-state index is 9.16. The van der Waals surface area contributed by atoms with Crippen LogP contribution >= 0.6 is 0 Å². The fourth-order valence-electron chi connectivity index (χ4n) is 2.72. The minimum atomic E-state index is -0.100. The maximum Gasteiger partial charge on any atom is 0.105 e. The summed E-state index contributed by atoms with van der Waals surface area (Å²) >= 11 is 0. The van der Waals surface area contributed by atoms with Crippen LogP contribution in [0.4, 0.5) is 0 Å². The average Bonchev–Trinajstić information content (AvgIpc) is 2.82. The van der Waals surface area contributed by atoms with Crippen molar-refractivity contribution in [3.8, 4) is 6.07 Å². The van der Waals surface area contributed by atoms with Crippen molar-refractivity contribution in [3.63, 3.8) is 0 Å². The largest absolute Gasteiger partial charge is 0.335 e. The van der Waals surface area contributed by atoms with Crippen LogP contribution in [0.15, 0.2) is 12.4 Å². The third kappa shape index (κ3) is 3.36. The molecule has 0 radical (unpaired) electrons. The number of likely N-dealkylation sites (tertiary alicyclic amines) is 1. The molecule has 0 amide bonds. The molecular weight excluding hydrogens is 236 g/mol. The highest BCUT2D eigenvalue weighted by molar-refractivity contribution is 4.99. The molecule has 104 valence electrons. The molecule has 0 spiro atoms. The first-order chi connectivity index (χ1) is 9.04. The Balaban J connectivity index is 1.80. The molecule has 0 aromatic carbocycles. The normalized spacial score (nSPS) is 20.9. The molecule has 0 bridgehead atoms. The van der Waals surface area contributed by atoms with E-state index in [1.165, 1.54) is 0 Å². The first-order valence-corrected chi connectivity index (χ1v) is 7.17. The minimum absolute atomic E-state index is 0.100. The van der Waals surface area contributed by atoms with Gasteiger partial charge in [-0.05, 0) is 53.1 Å². The fourth-order valence-corrected chi connectivity index (χ4v) is 2.72. The number of aromatic nitrogens is 2. The van der Waals surface area contributed by atoms with E-state index >= 15 is 0 Å². The van der Waals surface area contributed by atoms with E-state index in [4.69, 9.17) is 5.26 Å². The number of aryl methyl sites for hydroxylation is 2. The molecule has 19 heavy (non-hydrogen) atoms. The van der Waals surface area contributed by atoms with E-state index in [-0.39, 0.29) is 5.41 Å². The van der Waals surface area contributed by atoms with Gasteiger partial charge < -0.3 is 9.47 Å². The molecule has 4 heteroatoms. The molecule has 0 N–H and O–H groups in total. The quantitative estimate of drug-likeness (QED) is 0.836. The monoisotopic (exact) mass is 260 g/mol. The summed E-state index contributed by atoms with van der Waals surface area (Å²) in [4.78, 5) is 6.77. The number of hydrogen-bond acceptors (Lipinski definition) is 3. The van der Waals surface area contributed by atoms with Crippen LogP contribution in [-0.4, -0.2) is 33.6 Å². The molecule has 0 saturated carbocycles. The van der Waals surface area contributed by atoms with Gasteiger partial charge in [0.2, 0.25) is 0 Å². The van der Waals surface area contributed by atoms with E-state index in [0.29, 0.717) is 6.04 Å². The van der Waals surface area contributed by atoms with Gasteiger partial charge in [-0.3, -0.25) is 0 Å². The fraction of sp³-hybridized carbons (Fsp3) is 0.733. The predicted molar refractivity (Wildman–Crippen MR) is 75.6 cm³/mol. The van der Waals surface area contributed by atoms with Crippen molar-refractivity contribution in [2.45, 2.75) is 52.6 Å². The summed E-state index contributed by atoms with van der Waals surface area (Å²) in [6, 6.07) is 3.04. The Hall–Kier alpha value is -1.34. The van der Waals surface area contributed by atoms with Gasteiger partial charge >= 0.3 is 0 Å². The van der Waals surface area contributed by atoms with Gasteiger partial charge in [-0.2, -0.15) is 5.26 Å². The van der Waals surface area contributed by atoms with Gasteiger partial charge in [0.05, 0.1) is 11.5 Å². The van der Waals surface area contributed by atoms with Crippen molar-refractivity contribution in [1.29, 1.82) is 5.26 Å². The van der Waals surface area contributed by atoms with Crippen molar-refractivity contribution in [1.82, 2.24) is 14.5 Å². The minimum Gasteiger partial charge on any atom is -0.335 e. The maximum absolute atomic E-state index is 9.16. The summed E-state index contributed by atoms with van der Waals surface area (Å²) < 4.78 is 2.21. The number of rotatable bonds is 4. The van der Waals surface area contributed by atoms with Crippen LogP contribution in [0.25, 0.3) is 0 Å². The molecule has 2 heterocycles. The summed E-state index contributed by atoms with van der Waals surface area (Å²) in [5, 5.41) is 9.16. The lowest BCUT2D eigenvalue weighted by molar-refractivity contribution is 0.112. The average molecular weight is 260 g/mol. The SMILES string of the molecule is Cc1nccn1CC[C@H](C)N1CCC(C)(C#N)CC1. The smallest absolute Gasteiger partial charge is 0.105 e. The molecule has 1 aliphatic heterocycles. The van der Waals surface area contributed by atoms with Crippen LogP contribution in [-0.2, 0) is 6.54 Å². The van der Waals surface area contributed by atoms with Crippen LogP contribution in [0.3, 0.4) is 0 Å². The number of imidazole rings is 1. The second-order valence-corrected chi connectivity index (χ2v) is 6.01. The summed E-state index contributed by atoms with van der Waals surface area (Å²) in [6.07, 6.45) is 7.04. The molecular formula is C15H24N4. The Kier molecular flexibility index (Phi) is 4.26. The highest BCUT2D eigenvalue weighted by atomic mass is 15.2. The lowest BCUT2D eigenvalue weighted by atomic mass is 9.81. The molecule has 1 atom stereocenters. The topological polar surface area (TPSA) is 44.9 Å². The van der Waals surface area contributed by atoms with Gasteiger partial charge in [0, 0.05) is 25.0 Å². The molecule has 1 fully saturated rings. The molecule has 1 aliphatic rings. The standard InChI is InChI=1S/C15H24N4/c1-13(4-8-19-11-7-17-14(19)2)18-9-5-15(3,12-16)6-10-18/h7,11,13H,4-6,8-10H2,1-3H3/t13-/m0/s1. The predicted octanol–water partition coefficient (Wildman–Crippen LogP) is 2.60. The Bertz CT molecular complexity index is 449. The third-order valence-corrected chi connectivity index (χ3v) is 4.51. The summed E-state index contributed by atoms with van der Waals surface area (Å²) in [5.41, 5.74) is -0.100. The van der Waals surface area contributed by atoms with E-state index in [1.54, 1.807) is 0 Å². The van der Waals surface area contributed by atoms with E-state index in [0.717, 1.165) is 44.7 Å². The number of nitrogens with zero attached hydrogens (tertiary/aromatic N) is 4. The number of hydrogen-bond donors (Lipinski definition) is 0. The second kappa shape index (κ2) is 5.75. The second-order valence-electron chi connectivity index (χ2n) is 6.01.